The maximum absolute atomic E-state index is 13.4. The summed E-state index contributed by atoms with van der Waals surface area (Å²) in [6.07, 6.45) is -8.20. The number of hydrogen-bond donors (Lipinski definition) is 14. The Hall–Kier alpha value is -2.72. The van der Waals surface area contributed by atoms with Crippen LogP contribution in [0.15, 0.2) is 24.3 Å². The number of ether oxygens (including phenoxy) is 4. The second kappa shape index (κ2) is 32.2. The van der Waals surface area contributed by atoms with Gasteiger partial charge in [-0.15, -0.1) is 0 Å². The highest BCUT2D eigenvalue weighted by molar-refractivity contribution is 7.80. The van der Waals surface area contributed by atoms with Crippen LogP contribution in [-0.2, 0) is 39.9 Å². The number of nitrogens with one attached hydrogen (secondary N) is 4. The van der Waals surface area contributed by atoms with Crippen molar-refractivity contribution in [3.63, 3.8) is 0 Å². The van der Waals surface area contributed by atoms with E-state index in [0.717, 1.165) is 18.4 Å². The Bertz CT molecular complexity index is 1560. The van der Waals surface area contributed by atoms with E-state index in [1.807, 2.05) is 4.90 Å². The fraction of sp³-hybridized carbons (Fsp3) is 0.767. The van der Waals surface area contributed by atoms with Crippen LogP contribution >= 0.6 is 25.3 Å². The monoisotopic (exact) mass is 979 g/mol. The highest BCUT2D eigenvalue weighted by Gasteiger charge is 2.45. The number of carbonyl (C=O) groups is 4. The molecule has 0 radical (unpaired) electrons. The number of nitrogens with zero attached hydrogens (tertiary/aromatic N) is 1. The first-order valence-electron chi connectivity index (χ1n) is 22.7. The molecule has 0 aromatic heterocycles. The minimum atomic E-state index is -1.53. The standard InChI is InChI=1S/C43H73N5O16S2/c49-25-30-34(53)36(55)38(57)42(63-30)61-19-7-3-1-5-15-44-32(51)14-13-29(41(60)46-16-6-2-4-8-20-62-43-39(58)37(56)35(54)31(26-50)64-43)47-40(59)28-11-9-27(10-12-28)23-48(18-22-66)24-33(52)45-17-21-65/h9-12,29-31,34-39,42-43,49-50,53-58,65-66H,1-8,13-26H2,(H,44,51)(H,45,52)(H,46,60)(H,47,59)/t29?,30-,31-,34+,35+,36+,37+,38-,39-,42-,43-/m1/s1. The topological polar surface area (TPSA) is 318 Å². The molecule has 0 spiro atoms. The highest BCUT2D eigenvalue weighted by atomic mass is 32.1. The molecule has 1 aromatic rings. The molecule has 0 saturated carbocycles. The van der Waals surface area contributed by atoms with Crippen molar-refractivity contribution in [2.75, 3.05) is 70.7 Å². The Balaban J connectivity index is 1.45. The van der Waals surface area contributed by atoms with Crippen molar-refractivity contribution >= 4 is 48.9 Å². The molecule has 2 saturated heterocycles. The number of unbranched alkanes of at least 4 members (excludes halogenated alkanes) is 6. The van der Waals surface area contributed by atoms with Crippen LogP contribution in [-0.4, -0.2) is 207 Å². The number of benzene rings is 1. The Morgan fingerprint density at radius 1 is 0.636 bits per heavy atom. The van der Waals surface area contributed by atoms with Gasteiger partial charge in [-0.1, -0.05) is 37.8 Å². The van der Waals surface area contributed by atoms with E-state index in [2.05, 4.69) is 46.5 Å². The van der Waals surface area contributed by atoms with E-state index in [9.17, 15) is 60.0 Å². The third-order valence-corrected chi connectivity index (χ3v) is 11.6. The van der Waals surface area contributed by atoms with Gasteiger partial charge < -0.3 is 81.1 Å². The minimum absolute atomic E-state index is 0.0278. The zero-order valence-corrected chi connectivity index (χ0v) is 39.2. The molecule has 2 heterocycles. The van der Waals surface area contributed by atoms with Crippen LogP contribution in [0.1, 0.15) is 80.1 Å². The lowest BCUT2D eigenvalue weighted by molar-refractivity contribution is -0.301. The minimum Gasteiger partial charge on any atom is -0.394 e. The average Bonchev–Trinajstić information content (AvgIpc) is 3.31. The summed E-state index contributed by atoms with van der Waals surface area (Å²) in [6.45, 7) is 1.59. The van der Waals surface area contributed by atoms with E-state index < -0.39 is 92.5 Å². The van der Waals surface area contributed by atoms with Crippen LogP contribution in [0.3, 0.4) is 0 Å². The number of thiol groups is 2. The first-order chi connectivity index (χ1) is 31.7. The van der Waals surface area contributed by atoms with Gasteiger partial charge in [0.05, 0.1) is 19.8 Å². The van der Waals surface area contributed by atoms with Gasteiger partial charge in [-0.3, -0.25) is 24.1 Å². The van der Waals surface area contributed by atoms with E-state index in [1.54, 1.807) is 24.3 Å². The average molecular weight is 980 g/mol. The van der Waals surface area contributed by atoms with Gasteiger partial charge in [-0.05, 0) is 49.8 Å². The largest absolute Gasteiger partial charge is 0.394 e. The molecule has 2 fully saturated rings. The molecule has 2 aliphatic heterocycles. The molecule has 12 N–H and O–H groups in total. The van der Waals surface area contributed by atoms with Crippen molar-refractivity contribution in [1.29, 1.82) is 0 Å². The summed E-state index contributed by atoms with van der Waals surface area (Å²) in [4.78, 5) is 54.0. The molecular formula is C43H73N5O16S2. The zero-order chi connectivity index (χ0) is 48.4. The zero-order valence-electron chi connectivity index (χ0n) is 37.4. The number of aliphatic hydroxyl groups is 8. The van der Waals surface area contributed by atoms with E-state index in [0.29, 0.717) is 88.3 Å². The van der Waals surface area contributed by atoms with Crippen LogP contribution in [0, 0.1) is 0 Å². The molecule has 23 heteroatoms. The lowest BCUT2D eigenvalue weighted by Crippen LogP contribution is -2.59. The third-order valence-electron chi connectivity index (χ3n) is 11.1. The van der Waals surface area contributed by atoms with Crippen molar-refractivity contribution in [3.8, 4) is 0 Å². The molecule has 4 amide bonds. The second-order valence-electron chi connectivity index (χ2n) is 16.4. The maximum Gasteiger partial charge on any atom is 0.251 e. The van der Waals surface area contributed by atoms with Gasteiger partial charge in [-0.2, -0.15) is 25.3 Å². The van der Waals surface area contributed by atoms with Crippen LogP contribution in [0.4, 0.5) is 0 Å². The van der Waals surface area contributed by atoms with Gasteiger partial charge in [-0.25, -0.2) is 0 Å². The molecule has 378 valence electrons. The smallest absolute Gasteiger partial charge is 0.251 e. The molecule has 21 nitrogen and oxygen atoms in total. The summed E-state index contributed by atoms with van der Waals surface area (Å²) < 4.78 is 21.7. The summed E-state index contributed by atoms with van der Waals surface area (Å²) >= 11 is 8.44. The maximum atomic E-state index is 13.4. The SMILES string of the molecule is O=C(CCC(NC(=O)c1ccc(CN(CCS)CC(=O)NCCS)cc1)C(=O)NCCCCCCO[C@@H]1O[C@H](CO)[C@H](O)[C@H](O)[C@H]1O)NCCCCCCO[C@@H]1O[C@H](CO)[C@H](O)[C@H](O)[C@H]1O. The van der Waals surface area contributed by atoms with E-state index in [-0.39, 0.29) is 44.4 Å². The van der Waals surface area contributed by atoms with Gasteiger partial charge in [0.15, 0.2) is 12.6 Å². The number of aliphatic hydroxyl groups excluding tert-OH is 8. The highest BCUT2D eigenvalue weighted by Crippen LogP contribution is 2.23. The van der Waals surface area contributed by atoms with E-state index >= 15 is 0 Å². The summed E-state index contributed by atoms with van der Waals surface area (Å²) in [5.41, 5.74) is 1.17. The van der Waals surface area contributed by atoms with E-state index in [1.165, 1.54) is 0 Å². The first kappa shape index (κ1) is 57.6. The van der Waals surface area contributed by atoms with Gasteiger partial charge in [0.2, 0.25) is 17.7 Å². The predicted molar refractivity (Wildman–Crippen MR) is 245 cm³/mol. The first-order valence-corrected chi connectivity index (χ1v) is 24.0. The predicted octanol–water partition coefficient (Wildman–Crippen LogP) is -2.67. The summed E-state index contributed by atoms with van der Waals surface area (Å²) in [7, 11) is 0. The lowest BCUT2D eigenvalue weighted by Gasteiger charge is -2.39. The van der Waals surface area contributed by atoms with Gasteiger partial charge >= 0.3 is 0 Å². The van der Waals surface area contributed by atoms with Gasteiger partial charge in [0.25, 0.3) is 5.91 Å². The van der Waals surface area contributed by atoms with E-state index in [4.69, 9.17) is 18.9 Å². The van der Waals surface area contributed by atoms with Crippen molar-refractivity contribution in [2.24, 2.45) is 0 Å². The van der Waals surface area contributed by atoms with Crippen molar-refractivity contribution in [3.05, 3.63) is 35.4 Å². The Morgan fingerprint density at radius 3 is 1.67 bits per heavy atom. The van der Waals surface area contributed by atoms with Crippen LogP contribution in [0.2, 0.25) is 0 Å². The second-order valence-corrected chi connectivity index (χ2v) is 17.3. The summed E-state index contributed by atoms with van der Waals surface area (Å²) in [5, 5.41) is 89.9. The molecule has 1 unspecified atom stereocenters. The van der Waals surface area contributed by atoms with Crippen LogP contribution in [0.25, 0.3) is 0 Å². The van der Waals surface area contributed by atoms with Crippen molar-refractivity contribution < 1.29 is 79.0 Å². The molecule has 1 aromatic carbocycles. The van der Waals surface area contributed by atoms with Gasteiger partial charge in [0.1, 0.15) is 54.9 Å². The fourth-order valence-electron chi connectivity index (χ4n) is 7.24. The van der Waals surface area contributed by atoms with Crippen molar-refractivity contribution in [2.45, 2.75) is 138 Å². The Kier molecular flexibility index (Phi) is 28.1. The molecule has 0 aliphatic carbocycles. The van der Waals surface area contributed by atoms with Crippen LogP contribution < -0.4 is 21.3 Å². The normalized spacial score (nSPS) is 25.9. The number of carbonyl (C=O) groups excluding carboxylic acids is 4. The third kappa shape index (κ3) is 20.1. The molecule has 2 aliphatic rings. The quantitative estimate of drug-likeness (QED) is 0.0259. The Morgan fingerprint density at radius 2 is 1.15 bits per heavy atom. The lowest BCUT2D eigenvalue weighted by atomic mass is 9.99. The number of amides is 4. The van der Waals surface area contributed by atoms with Crippen molar-refractivity contribution in [1.82, 2.24) is 26.2 Å². The summed E-state index contributed by atoms with van der Waals surface area (Å²) in [5.74, 6) is -0.319. The van der Waals surface area contributed by atoms with Crippen LogP contribution in [0.5, 0.6) is 0 Å². The molecular weight excluding hydrogens is 907 g/mol. The molecule has 66 heavy (non-hydrogen) atoms. The summed E-state index contributed by atoms with van der Waals surface area (Å²) in [6, 6.07) is 5.79. The number of rotatable bonds is 32. The molecule has 0 bridgehead atoms. The number of hydrogen-bond acceptors (Lipinski definition) is 19. The fourth-order valence-corrected chi connectivity index (χ4v) is 7.63. The Labute approximate surface area is 397 Å². The molecule has 11 atom stereocenters. The molecule has 3 rings (SSSR count). The van der Waals surface area contributed by atoms with Gasteiger partial charge in [0, 0.05) is 69.4 Å².